The van der Waals surface area contributed by atoms with Crippen LogP contribution in [0.5, 0.6) is 0 Å². The van der Waals surface area contributed by atoms with Crippen LogP contribution < -0.4 is 5.32 Å². The standard InChI is InChI=1S/C14H17N3O/c1-11(12-6-3-2-4-7-12)16-14(18)17-9-5-8-13(17)10-15/h2-4,6-7,11,13H,5,8-9H2,1H3,(H,16,18)/t11?,13-/m0/s1. The Morgan fingerprint density at radius 3 is 2.89 bits per heavy atom. The fourth-order valence-electron chi connectivity index (χ4n) is 2.24. The summed E-state index contributed by atoms with van der Waals surface area (Å²) in [5, 5.41) is 11.9. The van der Waals surface area contributed by atoms with Gasteiger partial charge >= 0.3 is 6.03 Å². The van der Waals surface area contributed by atoms with Gasteiger partial charge in [0, 0.05) is 6.54 Å². The van der Waals surface area contributed by atoms with Gasteiger partial charge in [-0.2, -0.15) is 5.26 Å². The molecule has 2 rings (SSSR count). The van der Waals surface area contributed by atoms with Gasteiger partial charge in [-0.05, 0) is 25.3 Å². The topological polar surface area (TPSA) is 56.1 Å². The average molecular weight is 243 g/mol. The summed E-state index contributed by atoms with van der Waals surface area (Å²) in [6, 6.07) is 11.5. The highest BCUT2D eigenvalue weighted by atomic mass is 16.2. The van der Waals surface area contributed by atoms with Crippen LogP contribution >= 0.6 is 0 Å². The number of carbonyl (C=O) groups excluding carboxylic acids is 1. The number of nitrogens with zero attached hydrogens (tertiary/aromatic N) is 2. The van der Waals surface area contributed by atoms with Crippen LogP contribution in [0.15, 0.2) is 30.3 Å². The molecule has 2 atom stereocenters. The van der Waals surface area contributed by atoms with E-state index in [0.717, 1.165) is 18.4 Å². The molecule has 1 heterocycles. The van der Waals surface area contributed by atoms with E-state index in [-0.39, 0.29) is 18.1 Å². The van der Waals surface area contributed by atoms with Crippen molar-refractivity contribution in [2.75, 3.05) is 6.54 Å². The molecule has 1 N–H and O–H groups in total. The monoisotopic (exact) mass is 243 g/mol. The first kappa shape index (κ1) is 12.4. The summed E-state index contributed by atoms with van der Waals surface area (Å²) in [7, 11) is 0. The van der Waals surface area contributed by atoms with Gasteiger partial charge in [-0.15, -0.1) is 0 Å². The zero-order chi connectivity index (χ0) is 13.0. The molecular formula is C14H17N3O. The van der Waals surface area contributed by atoms with E-state index in [0.29, 0.717) is 6.54 Å². The molecule has 4 nitrogen and oxygen atoms in total. The van der Waals surface area contributed by atoms with Crippen molar-refractivity contribution in [2.45, 2.75) is 31.8 Å². The summed E-state index contributed by atoms with van der Waals surface area (Å²) in [6.45, 7) is 2.62. The third-order valence-corrected chi connectivity index (χ3v) is 3.30. The van der Waals surface area contributed by atoms with Gasteiger partial charge in [0.05, 0.1) is 12.1 Å². The number of nitrogens with one attached hydrogen (secondary N) is 1. The smallest absolute Gasteiger partial charge is 0.318 e. The van der Waals surface area contributed by atoms with E-state index < -0.39 is 0 Å². The van der Waals surface area contributed by atoms with E-state index in [1.807, 2.05) is 37.3 Å². The maximum atomic E-state index is 12.1. The molecule has 94 valence electrons. The third kappa shape index (κ3) is 2.62. The summed E-state index contributed by atoms with van der Waals surface area (Å²) < 4.78 is 0. The number of amides is 2. The number of likely N-dealkylation sites (tertiary alicyclic amines) is 1. The van der Waals surface area contributed by atoms with Gasteiger partial charge in [0.2, 0.25) is 0 Å². The first-order chi connectivity index (χ1) is 8.72. The fourth-order valence-corrected chi connectivity index (χ4v) is 2.24. The Kier molecular flexibility index (Phi) is 3.83. The molecule has 1 unspecified atom stereocenters. The Balaban J connectivity index is 1.98. The highest BCUT2D eigenvalue weighted by Crippen LogP contribution is 2.18. The number of benzene rings is 1. The Hall–Kier alpha value is -2.02. The molecule has 2 amide bonds. The molecule has 0 aliphatic carbocycles. The normalized spacial score (nSPS) is 20.2. The average Bonchev–Trinajstić information content (AvgIpc) is 2.88. The van der Waals surface area contributed by atoms with Crippen molar-refractivity contribution in [3.8, 4) is 6.07 Å². The zero-order valence-corrected chi connectivity index (χ0v) is 10.5. The molecule has 1 aromatic rings. The molecule has 0 saturated carbocycles. The molecular weight excluding hydrogens is 226 g/mol. The number of carbonyl (C=O) groups is 1. The second kappa shape index (κ2) is 5.54. The van der Waals surface area contributed by atoms with Crippen molar-refractivity contribution >= 4 is 6.03 Å². The van der Waals surface area contributed by atoms with Crippen molar-refractivity contribution in [3.63, 3.8) is 0 Å². The third-order valence-electron chi connectivity index (χ3n) is 3.30. The maximum Gasteiger partial charge on any atom is 0.318 e. The zero-order valence-electron chi connectivity index (χ0n) is 10.5. The Morgan fingerprint density at radius 2 is 2.22 bits per heavy atom. The predicted octanol–water partition coefficient (Wildman–Crippen LogP) is 2.45. The quantitative estimate of drug-likeness (QED) is 0.867. The van der Waals surface area contributed by atoms with Crippen molar-refractivity contribution < 1.29 is 4.79 Å². The van der Waals surface area contributed by atoms with Crippen LogP contribution in [-0.4, -0.2) is 23.5 Å². The van der Waals surface area contributed by atoms with Gasteiger partial charge in [-0.3, -0.25) is 0 Å². The fraction of sp³-hybridized carbons (Fsp3) is 0.429. The van der Waals surface area contributed by atoms with Gasteiger partial charge < -0.3 is 10.2 Å². The molecule has 0 bridgehead atoms. The van der Waals surface area contributed by atoms with E-state index in [9.17, 15) is 4.79 Å². The first-order valence-corrected chi connectivity index (χ1v) is 6.24. The molecule has 1 fully saturated rings. The first-order valence-electron chi connectivity index (χ1n) is 6.24. The largest absolute Gasteiger partial charge is 0.331 e. The predicted molar refractivity (Wildman–Crippen MR) is 68.7 cm³/mol. The molecule has 0 spiro atoms. The number of hydrogen-bond donors (Lipinski definition) is 1. The minimum atomic E-state index is -0.270. The van der Waals surface area contributed by atoms with Crippen LogP contribution in [0, 0.1) is 11.3 Å². The van der Waals surface area contributed by atoms with Gasteiger partial charge in [0.25, 0.3) is 0 Å². The van der Waals surface area contributed by atoms with Crippen LogP contribution in [0.25, 0.3) is 0 Å². The molecule has 0 radical (unpaired) electrons. The Labute approximate surface area is 107 Å². The minimum Gasteiger partial charge on any atom is -0.331 e. The Bertz CT molecular complexity index is 452. The van der Waals surface area contributed by atoms with Gasteiger partial charge in [-0.1, -0.05) is 30.3 Å². The van der Waals surface area contributed by atoms with Crippen LogP contribution in [0.4, 0.5) is 4.79 Å². The van der Waals surface area contributed by atoms with E-state index >= 15 is 0 Å². The maximum absolute atomic E-state index is 12.1. The summed E-state index contributed by atoms with van der Waals surface area (Å²) >= 11 is 0. The lowest BCUT2D eigenvalue weighted by Crippen LogP contribution is -2.43. The molecule has 1 aromatic carbocycles. The number of hydrogen-bond acceptors (Lipinski definition) is 2. The number of rotatable bonds is 2. The lowest BCUT2D eigenvalue weighted by Gasteiger charge is -2.23. The van der Waals surface area contributed by atoms with Crippen LogP contribution in [0.2, 0.25) is 0 Å². The summed E-state index contributed by atoms with van der Waals surface area (Å²) in [5.41, 5.74) is 1.07. The van der Waals surface area contributed by atoms with Crippen molar-refractivity contribution in [1.29, 1.82) is 5.26 Å². The van der Waals surface area contributed by atoms with Crippen LogP contribution in [-0.2, 0) is 0 Å². The van der Waals surface area contributed by atoms with Gasteiger partial charge in [0.15, 0.2) is 0 Å². The highest BCUT2D eigenvalue weighted by Gasteiger charge is 2.29. The molecule has 1 aliphatic rings. The molecule has 18 heavy (non-hydrogen) atoms. The lowest BCUT2D eigenvalue weighted by molar-refractivity contribution is 0.198. The van der Waals surface area contributed by atoms with E-state index in [2.05, 4.69) is 11.4 Å². The lowest BCUT2D eigenvalue weighted by atomic mass is 10.1. The van der Waals surface area contributed by atoms with Crippen LogP contribution in [0.1, 0.15) is 31.4 Å². The van der Waals surface area contributed by atoms with Gasteiger partial charge in [0.1, 0.15) is 6.04 Å². The summed E-state index contributed by atoms with van der Waals surface area (Å²) in [4.78, 5) is 13.7. The second-order valence-electron chi connectivity index (χ2n) is 4.56. The summed E-state index contributed by atoms with van der Waals surface area (Å²) in [6.07, 6.45) is 1.69. The Morgan fingerprint density at radius 1 is 1.50 bits per heavy atom. The van der Waals surface area contributed by atoms with Crippen molar-refractivity contribution in [2.24, 2.45) is 0 Å². The second-order valence-corrected chi connectivity index (χ2v) is 4.56. The van der Waals surface area contributed by atoms with Crippen molar-refractivity contribution in [1.82, 2.24) is 10.2 Å². The van der Waals surface area contributed by atoms with E-state index in [1.54, 1.807) is 4.90 Å². The SMILES string of the molecule is CC(NC(=O)N1CCC[C@H]1C#N)c1ccccc1. The van der Waals surface area contributed by atoms with Crippen molar-refractivity contribution in [3.05, 3.63) is 35.9 Å². The highest BCUT2D eigenvalue weighted by molar-refractivity contribution is 5.75. The van der Waals surface area contributed by atoms with E-state index in [1.165, 1.54) is 0 Å². The molecule has 1 saturated heterocycles. The molecule has 1 aliphatic heterocycles. The molecule has 0 aromatic heterocycles. The number of urea groups is 1. The van der Waals surface area contributed by atoms with E-state index in [4.69, 9.17) is 5.26 Å². The van der Waals surface area contributed by atoms with Gasteiger partial charge in [-0.25, -0.2) is 4.79 Å². The number of nitriles is 1. The molecule has 4 heteroatoms. The van der Waals surface area contributed by atoms with Crippen LogP contribution in [0.3, 0.4) is 0 Å². The summed E-state index contributed by atoms with van der Waals surface area (Å²) in [5.74, 6) is 0. The minimum absolute atomic E-state index is 0.0429.